The zero-order chi connectivity index (χ0) is 18.6. The van der Waals surface area contributed by atoms with Crippen molar-refractivity contribution in [3.63, 3.8) is 0 Å². The summed E-state index contributed by atoms with van der Waals surface area (Å²) in [6, 6.07) is 28.4. The van der Waals surface area contributed by atoms with Crippen LogP contribution in [0.2, 0.25) is 0 Å². The summed E-state index contributed by atoms with van der Waals surface area (Å²) in [6.45, 7) is 0. The third-order valence-corrected chi connectivity index (χ3v) is 4.97. The molecule has 1 saturated heterocycles. The molecule has 27 heavy (non-hydrogen) atoms. The van der Waals surface area contributed by atoms with Gasteiger partial charge in [-0.25, -0.2) is 0 Å². The summed E-state index contributed by atoms with van der Waals surface area (Å²) in [5.41, 5.74) is 4.11. The number of hydrogen-bond donors (Lipinski definition) is 2. The van der Waals surface area contributed by atoms with Gasteiger partial charge in [-0.05, 0) is 59.8 Å². The molecule has 1 aliphatic heterocycles. The van der Waals surface area contributed by atoms with Crippen LogP contribution in [0.5, 0.6) is 0 Å². The SMILES string of the molecule is N=C1NC(=O)/C(=C/c2ccc(N(c3ccccc3)c3ccccc3)cc2)S1. The lowest BCUT2D eigenvalue weighted by molar-refractivity contribution is -0.115. The van der Waals surface area contributed by atoms with Gasteiger partial charge in [-0.15, -0.1) is 0 Å². The van der Waals surface area contributed by atoms with Crippen LogP contribution < -0.4 is 10.2 Å². The van der Waals surface area contributed by atoms with E-state index in [4.69, 9.17) is 5.41 Å². The van der Waals surface area contributed by atoms with Crippen molar-refractivity contribution in [1.29, 1.82) is 5.41 Å². The molecule has 0 bridgehead atoms. The molecule has 132 valence electrons. The van der Waals surface area contributed by atoms with E-state index in [2.05, 4.69) is 34.5 Å². The van der Waals surface area contributed by atoms with Crippen LogP contribution in [0.3, 0.4) is 0 Å². The number of amides is 1. The van der Waals surface area contributed by atoms with Crippen molar-refractivity contribution >= 4 is 46.0 Å². The number of nitrogens with one attached hydrogen (secondary N) is 2. The van der Waals surface area contributed by atoms with E-state index in [1.807, 2.05) is 60.7 Å². The number of nitrogens with zero attached hydrogens (tertiary/aromatic N) is 1. The molecule has 1 amide bonds. The largest absolute Gasteiger partial charge is 0.311 e. The number of carbonyl (C=O) groups excluding carboxylic acids is 1. The van der Waals surface area contributed by atoms with Gasteiger partial charge in [-0.3, -0.25) is 10.2 Å². The minimum absolute atomic E-state index is 0.169. The molecule has 0 aromatic heterocycles. The van der Waals surface area contributed by atoms with Crippen LogP contribution in [0.4, 0.5) is 17.1 Å². The standard InChI is InChI=1S/C22H17N3OS/c23-22-24-21(26)20(27-22)15-16-11-13-19(14-12-16)25(17-7-3-1-4-8-17)18-9-5-2-6-10-18/h1-15H,(H2,23,24,26)/b20-15-. The van der Waals surface area contributed by atoms with Gasteiger partial charge in [0.2, 0.25) is 0 Å². The molecule has 1 fully saturated rings. The van der Waals surface area contributed by atoms with Crippen LogP contribution in [-0.2, 0) is 4.79 Å². The first kappa shape index (κ1) is 17.1. The smallest absolute Gasteiger partial charge is 0.264 e. The Balaban J connectivity index is 1.69. The van der Waals surface area contributed by atoms with Crippen LogP contribution in [-0.4, -0.2) is 11.1 Å². The highest BCUT2D eigenvalue weighted by Crippen LogP contribution is 2.34. The predicted octanol–water partition coefficient (Wildman–Crippen LogP) is 5.30. The quantitative estimate of drug-likeness (QED) is 0.612. The number of anilines is 3. The van der Waals surface area contributed by atoms with E-state index < -0.39 is 0 Å². The monoisotopic (exact) mass is 371 g/mol. The van der Waals surface area contributed by atoms with Crippen LogP contribution in [0.15, 0.2) is 89.8 Å². The number of rotatable bonds is 4. The highest BCUT2D eigenvalue weighted by atomic mass is 32.2. The molecule has 0 spiro atoms. The molecule has 4 rings (SSSR count). The maximum atomic E-state index is 11.8. The molecule has 1 heterocycles. The van der Waals surface area contributed by atoms with Crippen LogP contribution >= 0.6 is 11.8 Å². The summed E-state index contributed by atoms with van der Waals surface area (Å²) in [5.74, 6) is -0.218. The van der Waals surface area contributed by atoms with E-state index in [-0.39, 0.29) is 11.1 Å². The lowest BCUT2D eigenvalue weighted by Crippen LogP contribution is -2.18. The molecule has 0 unspecified atom stereocenters. The summed E-state index contributed by atoms with van der Waals surface area (Å²) in [5, 5.41) is 10.2. The number of hydrogen-bond acceptors (Lipinski definition) is 4. The van der Waals surface area contributed by atoms with Gasteiger partial charge in [0.1, 0.15) is 0 Å². The summed E-state index contributed by atoms with van der Waals surface area (Å²) in [4.78, 5) is 14.5. The summed E-state index contributed by atoms with van der Waals surface area (Å²) >= 11 is 1.15. The zero-order valence-corrected chi connectivity index (χ0v) is 15.2. The number of benzene rings is 3. The number of amidine groups is 1. The Kier molecular flexibility index (Phi) is 4.77. The van der Waals surface area contributed by atoms with Crippen molar-refractivity contribution in [2.45, 2.75) is 0 Å². The number of para-hydroxylation sites is 2. The van der Waals surface area contributed by atoms with Crippen molar-refractivity contribution in [3.05, 3.63) is 95.4 Å². The fourth-order valence-corrected chi connectivity index (χ4v) is 3.62. The Hall–Kier alpha value is -3.31. The predicted molar refractivity (Wildman–Crippen MR) is 113 cm³/mol. The van der Waals surface area contributed by atoms with Crippen LogP contribution in [0.25, 0.3) is 6.08 Å². The maximum absolute atomic E-state index is 11.8. The molecule has 0 atom stereocenters. The van der Waals surface area contributed by atoms with Gasteiger partial charge in [-0.1, -0.05) is 48.5 Å². The van der Waals surface area contributed by atoms with Crippen molar-refractivity contribution in [2.24, 2.45) is 0 Å². The molecule has 5 heteroatoms. The van der Waals surface area contributed by atoms with E-state index in [1.54, 1.807) is 6.08 Å². The van der Waals surface area contributed by atoms with Crippen molar-refractivity contribution in [2.75, 3.05) is 4.90 Å². The normalized spacial score (nSPS) is 15.0. The zero-order valence-electron chi connectivity index (χ0n) is 14.4. The van der Waals surface area contributed by atoms with E-state index in [9.17, 15) is 4.79 Å². The van der Waals surface area contributed by atoms with Gasteiger partial charge < -0.3 is 10.2 Å². The highest BCUT2D eigenvalue weighted by Gasteiger charge is 2.22. The van der Waals surface area contributed by atoms with Crippen LogP contribution in [0.1, 0.15) is 5.56 Å². The fraction of sp³-hybridized carbons (Fsp3) is 0. The van der Waals surface area contributed by atoms with Crippen LogP contribution in [0, 0.1) is 5.41 Å². The Labute approximate surface area is 162 Å². The Morgan fingerprint density at radius 3 is 1.78 bits per heavy atom. The fourth-order valence-electron chi connectivity index (χ4n) is 2.91. The Morgan fingerprint density at radius 1 is 0.778 bits per heavy atom. The van der Waals surface area contributed by atoms with Gasteiger partial charge in [-0.2, -0.15) is 0 Å². The summed E-state index contributed by atoms with van der Waals surface area (Å²) in [7, 11) is 0. The van der Waals surface area contributed by atoms with Gasteiger partial charge in [0.25, 0.3) is 5.91 Å². The summed E-state index contributed by atoms with van der Waals surface area (Å²) < 4.78 is 0. The van der Waals surface area contributed by atoms with E-state index >= 15 is 0 Å². The maximum Gasteiger partial charge on any atom is 0.264 e. The van der Waals surface area contributed by atoms with E-state index in [0.29, 0.717) is 4.91 Å². The third kappa shape index (κ3) is 3.78. The molecule has 0 radical (unpaired) electrons. The Bertz CT molecular complexity index is 959. The van der Waals surface area contributed by atoms with E-state index in [0.717, 1.165) is 34.4 Å². The molecule has 3 aromatic rings. The van der Waals surface area contributed by atoms with Crippen molar-refractivity contribution in [3.8, 4) is 0 Å². The first-order chi connectivity index (χ1) is 13.2. The third-order valence-electron chi connectivity index (χ3n) is 4.14. The summed E-state index contributed by atoms with van der Waals surface area (Å²) in [6.07, 6.45) is 1.81. The molecule has 1 aliphatic rings. The first-order valence-electron chi connectivity index (χ1n) is 8.50. The molecule has 0 saturated carbocycles. The van der Waals surface area contributed by atoms with Crippen molar-refractivity contribution in [1.82, 2.24) is 5.32 Å². The van der Waals surface area contributed by atoms with E-state index in [1.165, 1.54) is 0 Å². The van der Waals surface area contributed by atoms with Crippen molar-refractivity contribution < 1.29 is 4.79 Å². The highest BCUT2D eigenvalue weighted by molar-refractivity contribution is 8.18. The average molecular weight is 371 g/mol. The molecule has 4 nitrogen and oxygen atoms in total. The second-order valence-electron chi connectivity index (χ2n) is 5.99. The Morgan fingerprint density at radius 2 is 1.30 bits per heavy atom. The van der Waals surface area contributed by atoms with Gasteiger partial charge in [0, 0.05) is 17.1 Å². The number of thioether (sulfide) groups is 1. The second kappa shape index (κ2) is 7.51. The topological polar surface area (TPSA) is 56.2 Å². The van der Waals surface area contributed by atoms with Gasteiger partial charge in [0.15, 0.2) is 5.17 Å². The molecule has 0 aliphatic carbocycles. The average Bonchev–Trinajstić information content (AvgIpc) is 3.02. The number of carbonyl (C=O) groups is 1. The molecule has 3 aromatic carbocycles. The minimum Gasteiger partial charge on any atom is -0.311 e. The lowest BCUT2D eigenvalue weighted by atomic mass is 10.1. The second-order valence-corrected chi connectivity index (χ2v) is 7.04. The lowest BCUT2D eigenvalue weighted by Gasteiger charge is -2.25. The minimum atomic E-state index is -0.218. The van der Waals surface area contributed by atoms with Gasteiger partial charge in [0.05, 0.1) is 4.91 Å². The molecule has 2 N–H and O–H groups in total. The first-order valence-corrected chi connectivity index (χ1v) is 9.32. The molecular weight excluding hydrogens is 354 g/mol. The molecular formula is C22H17N3OS. The van der Waals surface area contributed by atoms with Gasteiger partial charge >= 0.3 is 0 Å².